The molecule has 4 nitrogen and oxygen atoms in total. The normalized spacial score (nSPS) is 11.3. The minimum absolute atomic E-state index is 0.0308. The van der Waals surface area contributed by atoms with E-state index in [0.29, 0.717) is 0 Å². The molecule has 0 amide bonds. The van der Waals surface area contributed by atoms with Crippen LogP contribution in [0.1, 0.15) is 10.4 Å². The van der Waals surface area contributed by atoms with Crippen LogP contribution in [0, 0.1) is 0 Å². The van der Waals surface area contributed by atoms with E-state index in [1.54, 1.807) is 6.07 Å². The van der Waals surface area contributed by atoms with E-state index in [1.807, 2.05) is 0 Å². The lowest BCUT2D eigenvalue weighted by molar-refractivity contribution is -0.253. The number of carbonyl (C=O) groups is 1. The van der Waals surface area contributed by atoms with Gasteiger partial charge in [0.1, 0.15) is 5.75 Å². The molecule has 0 saturated heterocycles. The monoisotopic (exact) mass is 329 g/mol. The average molecular weight is 329 g/mol. The Morgan fingerprint density at radius 3 is 2.48 bits per heavy atom. The summed E-state index contributed by atoms with van der Waals surface area (Å²) < 4.78 is 54.0. The van der Waals surface area contributed by atoms with Crippen molar-refractivity contribution in [1.82, 2.24) is 0 Å². The molecule has 0 atom stereocenters. The van der Waals surface area contributed by atoms with E-state index >= 15 is 0 Å². The van der Waals surface area contributed by atoms with Crippen LogP contribution >= 0.6 is 0 Å². The maximum atomic E-state index is 12.9. The second kappa shape index (κ2) is 6.55. The summed E-state index contributed by atoms with van der Waals surface area (Å²) in [5.74, 6) is -1.65. The fraction of sp³-hybridized carbons (Fsp3) is 0.133. The summed E-state index contributed by atoms with van der Waals surface area (Å²) in [6, 6.07) is 10.9. The number of halogens is 4. The van der Waals surface area contributed by atoms with E-state index < -0.39 is 24.3 Å². The van der Waals surface area contributed by atoms with Crippen LogP contribution in [0.2, 0.25) is 0 Å². The van der Waals surface area contributed by atoms with Crippen LogP contribution in [0.4, 0.5) is 28.9 Å². The second-order valence-corrected chi connectivity index (χ2v) is 4.47. The molecule has 0 unspecified atom stereocenters. The zero-order chi connectivity index (χ0) is 17.0. The van der Waals surface area contributed by atoms with Crippen molar-refractivity contribution in [2.24, 2.45) is 0 Å². The van der Waals surface area contributed by atoms with Gasteiger partial charge in [-0.1, -0.05) is 18.2 Å². The van der Waals surface area contributed by atoms with Crippen LogP contribution < -0.4 is 10.1 Å². The Balaban J connectivity index is 2.23. The van der Waals surface area contributed by atoms with Crippen molar-refractivity contribution in [1.29, 1.82) is 0 Å². The molecular formula is C15H11F4NO3. The van der Waals surface area contributed by atoms with Crippen LogP contribution in [-0.4, -0.2) is 23.6 Å². The zero-order valence-corrected chi connectivity index (χ0v) is 11.5. The van der Waals surface area contributed by atoms with Gasteiger partial charge in [0.05, 0.1) is 11.3 Å². The number of carboxylic acids is 1. The van der Waals surface area contributed by atoms with Crippen molar-refractivity contribution >= 4 is 17.3 Å². The number of carboxylic acid groups (broad SMARTS) is 1. The number of alkyl halides is 4. The third kappa shape index (κ3) is 4.12. The van der Waals surface area contributed by atoms with Crippen molar-refractivity contribution < 1.29 is 32.2 Å². The molecule has 0 bridgehead atoms. The van der Waals surface area contributed by atoms with Gasteiger partial charge in [0, 0.05) is 11.8 Å². The van der Waals surface area contributed by atoms with Gasteiger partial charge in [0.15, 0.2) is 0 Å². The summed E-state index contributed by atoms with van der Waals surface area (Å²) in [5.41, 5.74) is 0.399. The van der Waals surface area contributed by atoms with Gasteiger partial charge in [-0.3, -0.25) is 0 Å². The van der Waals surface area contributed by atoms with Gasteiger partial charge < -0.3 is 15.2 Å². The molecule has 2 aromatic carbocycles. The molecule has 8 heteroatoms. The predicted octanol–water partition coefficient (Wildman–Crippen LogP) is 4.37. The van der Waals surface area contributed by atoms with E-state index in [4.69, 9.17) is 5.11 Å². The molecule has 0 heterocycles. The number of hydrogen-bond acceptors (Lipinski definition) is 3. The molecule has 0 aliphatic heterocycles. The van der Waals surface area contributed by atoms with Crippen molar-refractivity contribution in [3.05, 3.63) is 54.1 Å². The van der Waals surface area contributed by atoms with Gasteiger partial charge in [0.25, 0.3) is 0 Å². The first kappa shape index (κ1) is 16.6. The topological polar surface area (TPSA) is 58.6 Å². The Morgan fingerprint density at radius 1 is 1.13 bits per heavy atom. The number of benzene rings is 2. The lowest BCUT2D eigenvalue weighted by atomic mass is 10.1. The fourth-order valence-corrected chi connectivity index (χ4v) is 1.77. The van der Waals surface area contributed by atoms with Gasteiger partial charge in [-0.05, 0) is 24.3 Å². The average Bonchev–Trinajstić information content (AvgIpc) is 2.47. The first-order valence-electron chi connectivity index (χ1n) is 6.34. The lowest BCUT2D eigenvalue weighted by Crippen LogP contribution is -2.33. The summed E-state index contributed by atoms with van der Waals surface area (Å²) in [4.78, 5) is 11.1. The SMILES string of the molecule is O=C(O)c1ccccc1Nc1cccc(OC(F)(F)C(F)F)c1. The molecule has 0 aromatic heterocycles. The molecule has 23 heavy (non-hydrogen) atoms. The van der Waals surface area contributed by atoms with E-state index in [2.05, 4.69) is 10.1 Å². The molecule has 2 N–H and O–H groups in total. The number of anilines is 2. The van der Waals surface area contributed by atoms with Gasteiger partial charge in [-0.15, -0.1) is 0 Å². The molecular weight excluding hydrogens is 318 g/mol. The number of rotatable bonds is 6. The lowest BCUT2D eigenvalue weighted by Gasteiger charge is -2.17. The molecule has 0 fully saturated rings. The van der Waals surface area contributed by atoms with Gasteiger partial charge in [-0.25, -0.2) is 4.79 Å². The number of hydrogen-bond donors (Lipinski definition) is 2. The summed E-state index contributed by atoms with van der Waals surface area (Å²) in [6.07, 6.45) is -8.58. The molecule has 2 rings (SSSR count). The third-order valence-corrected chi connectivity index (χ3v) is 2.78. The third-order valence-electron chi connectivity index (χ3n) is 2.78. The van der Waals surface area contributed by atoms with Crippen molar-refractivity contribution in [3.63, 3.8) is 0 Å². The fourth-order valence-electron chi connectivity index (χ4n) is 1.77. The highest BCUT2D eigenvalue weighted by atomic mass is 19.3. The minimum atomic E-state index is -4.61. The Bertz CT molecular complexity index is 707. The quantitative estimate of drug-likeness (QED) is 0.773. The standard InChI is InChI=1S/C15H11F4NO3/c16-14(17)15(18,19)23-10-5-3-4-9(8-10)20-12-7-2-1-6-11(12)13(21)22/h1-8,14,20H,(H,21,22). The summed E-state index contributed by atoms with van der Waals surface area (Å²) in [7, 11) is 0. The first-order valence-corrected chi connectivity index (χ1v) is 6.34. The van der Waals surface area contributed by atoms with Crippen molar-refractivity contribution in [2.45, 2.75) is 12.5 Å². The zero-order valence-electron chi connectivity index (χ0n) is 11.5. The number of ether oxygens (including phenoxy) is 1. The maximum Gasteiger partial charge on any atom is 0.461 e. The molecule has 0 aliphatic rings. The highest BCUT2D eigenvalue weighted by molar-refractivity contribution is 5.95. The summed E-state index contributed by atoms with van der Waals surface area (Å²) >= 11 is 0. The summed E-state index contributed by atoms with van der Waals surface area (Å²) in [5, 5.41) is 11.8. The predicted molar refractivity (Wildman–Crippen MR) is 74.7 cm³/mol. The molecule has 0 saturated carbocycles. The van der Waals surface area contributed by atoms with Gasteiger partial charge >= 0.3 is 18.5 Å². The largest absolute Gasteiger partial charge is 0.478 e. The first-order chi connectivity index (χ1) is 10.8. The Morgan fingerprint density at radius 2 is 1.83 bits per heavy atom. The van der Waals surface area contributed by atoms with Crippen LogP contribution in [0.15, 0.2) is 48.5 Å². The minimum Gasteiger partial charge on any atom is -0.478 e. The molecule has 2 aromatic rings. The molecule has 0 aliphatic carbocycles. The maximum absolute atomic E-state index is 12.9. The van der Waals surface area contributed by atoms with E-state index in [9.17, 15) is 22.4 Å². The Kier molecular flexibility index (Phi) is 4.73. The highest BCUT2D eigenvalue weighted by Crippen LogP contribution is 2.30. The molecule has 122 valence electrons. The van der Waals surface area contributed by atoms with Crippen molar-refractivity contribution in [2.75, 3.05) is 5.32 Å². The van der Waals surface area contributed by atoms with E-state index in [1.165, 1.54) is 30.3 Å². The van der Waals surface area contributed by atoms with Gasteiger partial charge in [0.2, 0.25) is 0 Å². The Hall–Kier alpha value is -2.77. The number of nitrogens with one attached hydrogen (secondary N) is 1. The molecule has 0 radical (unpaired) electrons. The molecule has 0 spiro atoms. The van der Waals surface area contributed by atoms with Crippen LogP contribution in [0.3, 0.4) is 0 Å². The number of aromatic carboxylic acids is 1. The second-order valence-electron chi connectivity index (χ2n) is 4.47. The highest BCUT2D eigenvalue weighted by Gasteiger charge is 2.43. The van der Waals surface area contributed by atoms with Crippen LogP contribution in [-0.2, 0) is 0 Å². The van der Waals surface area contributed by atoms with E-state index in [-0.39, 0.29) is 16.9 Å². The Labute approximate surface area is 128 Å². The van der Waals surface area contributed by atoms with Crippen LogP contribution in [0.5, 0.6) is 5.75 Å². The van der Waals surface area contributed by atoms with E-state index in [0.717, 1.165) is 12.1 Å². The van der Waals surface area contributed by atoms with Crippen molar-refractivity contribution in [3.8, 4) is 5.75 Å². The van der Waals surface area contributed by atoms with Gasteiger partial charge in [-0.2, -0.15) is 17.6 Å². The smallest absolute Gasteiger partial charge is 0.461 e. The van der Waals surface area contributed by atoms with Crippen LogP contribution in [0.25, 0.3) is 0 Å². The number of para-hydroxylation sites is 1. The summed E-state index contributed by atoms with van der Waals surface area (Å²) in [6.45, 7) is 0.